The number of carbonyl (C=O) groups is 1. The molecule has 0 atom stereocenters. The maximum atomic E-state index is 12.2. The van der Waals surface area contributed by atoms with E-state index in [0.717, 1.165) is 42.8 Å². The molecule has 0 spiro atoms. The molecule has 1 N–H and O–H groups in total. The van der Waals surface area contributed by atoms with Crippen LogP contribution in [-0.2, 0) is 4.79 Å². The number of ether oxygens (including phenoxy) is 1. The summed E-state index contributed by atoms with van der Waals surface area (Å²) < 4.78 is 5.73. The predicted molar refractivity (Wildman–Crippen MR) is 80.1 cm³/mol. The first-order valence-electron chi connectivity index (χ1n) is 7.26. The van der Waals surface area contributed by atoms with Gasteiger partial charge in [-0.25, -0.2) is 0 Å². The third-order valence-corrected chi connectivity index (χ3v) is 4.00. The average Bonchev–Trinajstić information content (AvgIpc) is 2.46. The third kappa shape index (κ3) is 3.51. The van der Waals surface area contributed by atoms with Crippen molar-refractivity contribution < 1.29 is 9.53 Å². The molecule has 1 aromatic carbocycles. The molecule has 1 aliphatic heterocycles. The highest BCUT2D eigenvalue weighted by atomic mass is 16.5. The Hall–Kier alpha value is -1.55. The largest absolute Gasteiger partial charge is 0.483 e. The van der Waals surface area contributed by atoms with Gasteiger partial charge >= 0.3 is 0 Å². The van der Waals surface area contributed by atoms with E-state index >= 15 is 0 Å². The highest BCUT2D eigenvalue weighted by Crippen LogP contribution is 2.22. The van der Waals surface area contributed by atoms with Crippen molar-refractivity contribution in [1.82, 2.24) is 10.2 Å². The highest BCUT2D eigenvalue weighted by molar-refractivity contribution is 5.78. The summed E-state index contributed by atoms with van der Waals surface area (Å²) in [5.41, 5.74) is 2.15. The second-order valence-corrected chi connectivity index (χ2v) is 5.45. The fourth-order valence-corrected chi connectivity index (χ4v) is 2.67. The van der Waals surface area contributed by atoms with Crippen LogP contribution in [0.5, 0.6) is 5.75 Å². The number of rotatable bonds is 4. The Bertz CT molecular complexity index is 445. The van der Waals surface area contributed by atoms with E-state index in [-0.39, 0.29) is 12.5 Å². The van der Waals surface area contributed by atoms with Gasteiger partial charge in [0.1, 0.15) is 5.75 Å². The summed E-state index contributed by atoms with van der Waals surface area (Å²) in [6.45, 7) is 5.78. The van der Waals surface area contributed by atoms with E-state index in [2.05, 4.69) is 5.32 Å². The van der Waals surface area contributed by atoms with Gasteiger partial charge in [0.15, 0.2) is 6.61 Å². The van der Waals surface area contributed by atoms with Crippen LogP contribution in [-0.4, -0.2) is 43.6 Å². The molecule has 1 aliphatic rings. The van der Waals surface area contributed by atoms with Crippen molar-refractivity contribution in [3.8, 4) is 5.75 Å². The Morgan fingerprint density at radius 2 is 1.90 bits per heavy atom. The maximum absolute atomic E-state index is 12.2. The van der Waals surface area contributed by atoms with Crippen LogP contribution in [0.1, 0.15) is 24.0 Å². The number of carbonyl (C=O) groups excluding carboxylic acids is 1. The molecule has 0 radical (unpaired) electrons. The van der Waals surface area contributed by atoms with Crippen molar-refractivity contribution >= 4 is 5.91 Å². The van der Waals surface area contributed by atoms with Gasteiger partial charge in [0, 0.05) is 19.1 Å². The van der Waals surface area contributed by atoms with Crippen LogP contribution in [0.25, 0.3) is 0 Å². The molecule has 0 aromatic heterocycles. The second-order valence-electron chi connectivity index (χ2n) is 5.45. The van der Waals surface area contributed by atoms with E-state index in [4.69, 9.17) is 4.74 Å². The van der Waals surface area contributed by atoms with Gasteiger partial charge in [-0.05, 0) is 44.9 Å². The topological polar surface area (TPSA) is 41.6 Å². The molecule has 0 aliphatic carbocycles. The Kier molecular flexibility index (Phi) is 5.01. The highest BCUT2D eigenvalue weighted by Gasteiger charge is 2.22. The smallest absolute Gasteiger partial charge is 0.260 e. The zero-order chi connectivity index (χ0) is 14.5. The number of amides is 1. The van der Waals surface area contributed by atoms with Crippen LogP contribution < -0.4 is 10.1 Å². The number of hydrogen-bond donors (Lipinski definition) is 1. The first-order valence-corrected chi connectivity index (χ1v) is 7.26. The lowest BCUT2D eigenvalue weighted by Crippen LogP contribution is -2.45. The minimum Gasteiger partial charge on any atom is -0.483 e. The van der Waals surface area contributed by atoms with Gasteiger partial charge in [-0.3, -0.25) is 4.79 Å². The van der Waals surface area contributed by atoms with E-state index in [0.29, 0.717) is 6.04 Å². The molecule has 4 nitrogen and oxygen atoms in total. The summed E-state index contributed by atoms with van der Waals surface area (Å²) in [6, 6.07) is 6.55. The van der Waals surface area contributed by atoms with Gasteiger partial charge in [-0.15, -0.1) is 0 Å². The third-order valence-electron chi connectivity index (χ3n) is 4.00. The normalized spacial score (nSPS) is 16.2. The monoisotopic (exact) mass is 276 g/mol. The van der Waals surface area contributed by atoms with E-state index in [9.17, 15) is 4.79 Å². The van der Waals surface area contributed by atoms with Gasteiger partial charge in [0.2, 0.25) is 0 Å². The van der Waals surface area contributed by atoms with Gasteiger partial charge in [0.25, 0.3) is 5.91 Å². The average molecular weight is 276 g/mol. The lowest BCUT2D eigenvalue weighted by atomic mass is 10.1. The van der Waals surface area contributed by atoms with Crippen molar-refractivity contribution in [1.29, 1.82) is 0 Å². The minimum absolute atomic E-state index is 0.0854. The number of benzene rings is 1. The number of nitrogens with one attached hydrogen (secondary N) is 1. The molecule has 20 heavy (non-hydrogen) atoms. The number of nitrogens with zero attached hydrogens (tertiary/aromatic N) is 1. The minimum atomic E-state index is 0.0854. The summed E-state index contributed by atoms with van der Waals surface area (Å²) in [5, 5.41) is 3.27. The number of piperidine rings is 1. The van der Waals surface area contributed by atoms with Gasteiger partial charge < -0.3 is 15.0 Å². The zero-order valence-electron chi connectivity index (χ0n) is 12.6. The summed E-state index contributed by atoms with van der Waals surface area (Å²) in [7, 11) is 1.98. The summed E-state index contributed by atoms with van der Waals surface area (Å²) in [5.74, 6) is 0.924. The van der Waals surface area contributed by atoms with Crippen molar-refractivity contribution in [2.45, 2.75) is 32.7 Å². The van der Waals surface area contributed by atoms with E-state index in [1.54, 1.807) is 0 Å². The lowest BCUT2D eigenvalue weighted by molar-refractivity contribution is -0.134. The first-order chi connectivity index (χ1) is 9.61. The molecule has 1 fully saturated rings. The Labute approximate surface area is 121 Å². The zero-order valence-corrected chi connectivity index (χ0v) is 12.6. The van der Waals surface area contributed by atoms with E-state index in [1.165, 1.54) is 0 Å². The number of para-hydroxylation sites is 1. The fraction of sp³-hybridized carbons (Fsp3) is 0.562. The molecule has 1 heterocycles. The summed E-state index contributed by atoms with van der Waals surface area (Å²) in [6.07, 6.45) is 2.04. The van der Waals surface area contributed by atoms with Crippen LogP contribution >= 0.6 is 0 Å². The molecular formula is C16H24N2O2. The molecule has 4 heteroatoms. The van der Waals surface area contributed by atoms with Crippen LogP contribution in [0.4, 0.5) is 0 Å². The lowest BCUT2D eigenvalue weighted by Gasteiger charge is -2.31. The molecule has 0 unspecified atom stereocenters. The van der Waals surface area contributed by atoms with Crippen LogP contribution in [0.2, 0.25) is 0 Å². The maximum Gasteiger partial charge on any atom is 0.260 e. The van der Waals surface area contributed by atoms with Gasteiger partial charge in [-0.1, -0.05) is 18.2 Å². The van der Waals surface area contributed by atoms with Crippen molar-refractivity contribution in [2.75, 3.05) is 26.7 Å². The predicted octanol–water partition coefficient (Wildman–Crippen LogP) is 1.89. The van der Waals surface area contributed by atoms with Crippen LogP contribution in [0, 0.1) is 13.8 Å². The first kappa shape index (κ1) is 14.9. The molecule has 110 valence electrons. The van der Waals surface area contributed by atoms with Crippen molar-refractivity contribution in [3.63, 3.8) is 0 Å². The summed E-state index contributed by atoms with van der Waals surface area (Å²) in [4.78, 5) is 14.1. The molecular weight excluding hydrogens is 252 g/mol. The SMILES string of the molecule is CNC1CCN(C(=O)COc2c(C)cccc2C)CC1. The van der Waals surface area contributed by atoms with Crippen molar-refractivity contribution in [2.24, 2.45) is 0 Å². The standard InChI is InChI=1S/C16H24N2O2/c1-12-5-4-6-13(2)16(12)20-11-15(19)18-9-7-14(17-3)8-10-18/h4-6,14,17H,7-11H2,1-3H3. The Morgan fingerprint density at radius 3 is 2.45 bits per heavy atom. The molecule has 1 aromatic rings. The number of aryl methyl sites for hydroxylation is 2. The van der Waals surface area contributed by atoms with Crippen LogP contribution in [0.3, 0.4) is 0 Å². The molecule has 0 bridgehead atoms. The number of likely N-dealkylation sites (tertiary alicyclic amines) is 1. The van der Waals surface area contributed by atoms with E-state index in [1.807, 2.05) is 44.0 Å². The second kappa shape index (κ2) is 6.75. The van der Waals surface area contributed by atoms with E-state index < -0.39 is 0 Å². The molecule has 0 saturated carbocycles. The Morgan fingerprint density at radius 1 is 1.30 bits per heavy atom. The Balaban J connectivity index is 1.87. The fourth-order valence-electron chi connectivity index (χ4n) is 2.67. The molecule has 1 amide bonds. The van der Waals surface area contributed by atoms with Crippen LogP contribution in [0.15, 0.2) is 18.2 Å². The van der Waals surface area contributed by atoms with Gasteiger partial charge in [-0.2, -0.15) is 0 Å². The quantitative estimate of drug-likeness (QED) is 0.913. The molecule has 1 saturated heterocycles. The van der Waals surface area contributed by atoms with Crippen molar-refractivity contribution in [3.05, 3.63) is 29.3 Å². The summed E-state index contributed by atoms with van der Waals surface area (Å²) >= 11 is 0. The number of hydrogen-bond acceptors (Lipinski definition) is 3. The molecule has 2 rings (SSSR count). The van der Waals surface area contributed by atoms with Gasteiger partial charge in [0.05, 0.1) is 0 Å².